The van der Waals surface area contributed by atoms with Gasteiger partial charge in [0.2, 0.25) is 5.91 Å². The van der Waals surface area contributed by atoms with Gasteiger partial charge < -0.3 is 5.32 Å². The minimum Gasteiger partial charge on any atom is -0.354 e. The fourth-order valence-electron chi connectivity index (χ4n) is 2.56. The Morgan fingerprint density at radius 1 is 1.07 bits per heavy atom. The van der Waals surface area contributed by atoms with Gasteiger partial charge in [-0.2, -0.15) is 5.10 Å². The molecule has 1 amide bonds. The Balaban J connectivity index is 1.61. The topological polar surface area (TPSA) is 64.0 Å². The standard InChI is InChI=1S/C20H17ClFN3O2/c21-16-7-5-14(6-8-16)18-9-10-20(27)25(24-18)12-11-23-19(26)13-15-3-1-2-4-17(15)22/h1-10H,11-13H2,(H,23,26). The average molecular weight is 386 g/mol. The van der Waals surface area contributed by atoms with E-state index in [0.717, 1.165) is 5.56 Å². The van der Waals surface area contributed by atoms with Crippen LogP contribution in [-0.4, -0.2) is 22.2 Å². The number of rotatable bonds is 6. The van der Waals surface area contributed by atoms with E-state index in [0.29, 0.717) is 16.3 Å². The minimum atomic E-state index is -0.416. The third kappa shape index (κ3) is 5.01. The summed E-state index contributed by atoms with van der Waals surface area (Å²) in [6, 6.07) is 16.3. The molecule has 0 unspecified atom stereocenters. The first kappa shape index (κ1) is 18.8. The van der Waals surface area contributed by atoms with E-state index < -0.39 is 5.82 Å². The number of hydrogen-bond donors (Lipinski definition) is 1. The van der Waals surface area contributed by atoms with Crippen LogP contribution in [-0.2, 0) is 17.8 Å². The molecule has 0 aliphatic rings. The summed E-state index contributed by atoms with van der Waals surface area (Å²) in [5.74, 6) is -0.733. The van der Waals surface area contributed by atoms with Gasteiger partial charge in [0.1, 0.15) is 5.82 Å². The van der Waals surface area contributed by atoms with E-state index in [4.69, 9.17) is 11.6 Å². The normalized spacial score (nSPS) is 10.6. The van der Waals surface area contributed by atoms with Crippen LogP contribution in [0.1, 0.15) is 5.56 Å². The highest BCUT2D eigenvalue weighted by atomic mass is 35.5. The number of amides is 1. The average Bonchev–Trinajstić information content (AvgIpc) is 2.66. The number of nitrogens with zero attached hydrogens (tertiary/aromatic N) is 2. The summed E-state index contributed by atoms with van der Waals surface area (Å²) in [4.78, 5) is 23.9. The zero-order valence-electron chi connectivity index (χ0n) is 14.4. The lowest BCUT2D eigenvalue weighted by atomic mass is 10.1. The van der Waals surface area contributed by atoms with Crippen molar-refractivity contribution in [2.75, 3.05) is 6.54 Å². The molecule has 1 N–H and O–H groups in total. The van der Waals surface area contributed by atoms with Crippen LogP contribution in [0.2, 0.25) is 5.02 Å². The predicted octanol–water partition coefficient (Wildman–Crippen LogP) is 3.06. The fourth-order valence-corrected chi connectivity index (χ4v) is 2.69. The van der Waals surface area contributed by atoms with Crippen molar-refractivity contribution < 1.29 is 9.18 Å². The van der Waals surface area contributed by atoms with E-state index in [1.165, 1.54) is 16.8 Å². The molecule has 1 heterocycles. The molecule has 0 saturated carbocycles. The number of halogens is 2. The zero-order valence-corrected chi connectivity index (χ0v) is 15.1. The van der Waals surface area contributed by atoms with Crippen molar-refractivity contribution in [1.82, 2.24) is 15.1 Å². The summed E-state index contributed by atoms with van der Waals surface area (Å²) in [6.07, 6.45) is -0.0557. The van der Waals surface area contributed by atoms with Crippen molar-refractivity contribution in [2.45, 2.75) is 13.0 Å². The van der Waals surface area contributed by atoms with Gasteiger partial charge in [0, 0.05) is 23.2 Å². The van der Waals surface area contributed by atoms with Crippen LogP contribution in [0.25, 0.3) is 11.3 Å². The second-order valence-electron chi connectivity index (χ2n) is 5.90. The van der Waals surface area contributed by atoms with E-state index in [-0.39, 0.29) is 31.0 Å². The van der Waals surface area contributed by atoms with Crippen molar-refractivity contribution in [1.29, 1.82) is 0 Å². The molecule has 0 aliphatic heterocycles. The van der Waals surface area contributed by atoms with Gasteiger partial charge in [-0.15, -0.1) is 0 Å². The summed E-state index contributed by atoms with van der Waals surface area (Å²) in [5.41, 5.74) is 1.52. The quantitative estimate of drug-likeness (QED) is 0.709. The molecular formula is C20H17ClFN3O2. The van der Waals surface area contributed by atoms with E-state index in [1.807, 2.05) is 12.1 Å². The van der Waals surface area contributed by atoms with Crippen LogP contribution in [0.4, 0.5) is 4.39 Å². The molecule has 0 bridgehead atoms. The minimum absolute atomic E-state index is 0.0557. The third-order valence-electron chi connectivity index (χ3n) is 3.96. The van der Waals surface area contributed by atoms with Crippen LogP contribution >= 0.6 is 11.6 Å². The maximum atomic E-state index is 13.6. The maximum absolute atomic E-state index is 13.6. The van der Waals surface area contributed by atoms with E-state index in [2.05, 4.69) is 10.4 Å². The third-order valence-corrected chi connectivity index (χ3v) is 4.21. The van der Waals surface area contributed by atoms with Gasteiger partial charge in [-0.1, -0.05) is 41.9 Å². The molecule has 5 nitrogen and oxygen atoms in total. The smallest absolute Gasteiger partial charge is 0.266 e. The van der Waals surface area contributed by atoms with Gasteiger partial charge in [-0.25, -0.2) is 9.07 Å². The Labute approximate surface area is 160 Å². The first-order chi connectivity index (χ1) is 13.0. The van der Waals surface area contributed by atoms with E-state index in [1.54, 1.807) is 36.4 Å². The highest BCUT2D eigenvalue weighted by Gasteiger charge is 2.08. The van der Waals surface area contributed by atoms with Crippen molar-refractivity contribution in [3.05, 3.63) is 87.4 Å². The molecule has 0 fully saturated rings. The first-order valence-corrected chi connectivity index (χ1v) is 8.75. The molecule has 0 aliphatic carbocycles. The number of carbonyl (C=O) groups excluding carboxylic acids is 1. The lowest BCUT2D eigenvalue weighted by Crippen LogP contribution is -2.32. The highest BCUT2D eigenvalue weighted by Crippen LogP contribution is 2.18. The van der Waals surface area contributed by atoms with Crippen LogP contribution in [0, 0.1) is 5.82 Å². The molecule has 1 aromatic heterocycles. The Bertz CT molecular complexity index is 1000. The monoisotopic (exact) mass is 385 g/mol. The summed E-state index contributed by atoms with van der Waals surface area (Å²) in [5, 5.41) is 7.61. The molecule has 7 heteroatoms. The van der Waals surface area contributed by atoms with Crippen molar-refractivity contribution in [3.8, 4) is 11.3 Å². The summed E-state index contributed by atoms with van der Waals surface area (Å²) < 4.78 is 14.9. The van der Waals surface area contributed by atoms with Crippen LogP contribution < -0.4 is 10.9 Å². The molecule has 2 aromatic carbocycles. The lowest BCUT2D eigenvalue weighted by Gasteiger charge is -2.09. The highest BCUT2D eigenvalue weighted by molar-refractivity contribution is 6.30. The number of aromatic nitrogens is 2. The molecule has 0 atom stereocenters. The van der Waals surface area contributed by atoms with E-state index >= 15 is 0 Å². The number of carbonyl (C=O) groups is 1. The largest absolute Gasteiger partial charge is 0.354 e. The SMILES string of the molecule is O=C(Cc1ccccc1F)NCCn1nc(-c2ccc(Cl)cc2)ccc1=O. The lowest BCUT2D eigenvalue weighted by molar-refractivity contribution is -0.120. The number of nitrogens with one attached hydrogen (secondary N) is 1. The Hall–Kier alpha value is -2.99. The van der Waals surface area contributed by atoms with Crippen LogP contribution in [0.3, 0.4) is 0 Å². The van der Waals surface area contributed by atoms with Crippen molar-refractivity contribution >= 4 is 17.5 Å². The summed E-state index contributed by atoms with van der Waals surface area (Å²) >= 11 is 5.88. The van der Waals surface area contributed by atoms with Crippen LogP contribution in [0.15, 0.2) is 65.5 Å². The maximum Gasteiger partial charge on any atom is 0.266 e. The molecule has 0 saturated heterocycles. The van der Waals surface area contributed by atoms with E-state index in [9.17, 15) is 14.0 Å². The Morgan fingerprint density at radius 3 is 2.56 bits per heavy atom. The molecule has 0 spiro atoms. The Morgan fingerprint density at radius 2 is 1.81 bits per heavy atom. The molecule has 27 heavy (non-hydrogen) atoms. The first-order valence-electron chi connectivity index (χ1n) is 8.37. The Kier molecular flexibility index (Phi) is 5.98. The zero-order chi connectivity index (χ0) is 19.2. The van der Waals surface area contributed by atoms with Gasteiger partial charge >= 0.3 is 0 Å². The van der Waals surface area contributed by atoms with Gasteiger partial charge in [0.25, 0.3) is 5.56 Å². The van der Waals surface area contributed by atoms with Gasteiger partial charge in [0.15, 0.2) is 0 Å². The van der Waals surface area contributed by atoms with Gasteiger partial charge in [0.05, 0.1) is 18.7 Å². The second-order valence-corrected chi connectivity index (χ2v) is 6.34. The summed E-state index contributed by atoms with van der Waals surface area (Å²) in [7, 11) is 0. The molecular weight excluding hydrogens is 369 g/mol. The van der Waals surface area contributed by atoms with Crippen LogP contribution in [0.5, 0.6) is 0 Å². The van der Waals surface area contributed by atoms with Crippen molar-refractivity contribution in [3.63, 3.8) is 0 Å². The number of hydrogen-bond acceptors (Lipinski definition) is 3. The van der Waals surface area contributed by atoms with Gasteiger partial charge in [-0.05, 0) is 29.8 Å². The molecule has 0 radical (unpaired) electrons. The second kappa shape index (κ2) is 8.60. The van der Waals surface area contributed by atoms with Gasteiger partial charge in [-0.3, -0.25) is 9.59 Å². The molecule has 138 valence electrons. The predicted molar refractivity (Wildman–Crippen MR) is 102 cm³/mol. The molecule has 3 rings (SSSR count). The number of benzene rings is 2. The fraction of sp³-hybridized carbons (Fsp3) is 0.150. The molecule has 3 aromatic rings. The summed E-state index contributed by atoms with van der Waals surface area (Å²) in [6.45, 7) is 0.424. The van der Waals surface area contributed by atoms with Crippen molar-refractivity contribution in [2.24, 2.45) is 0 Å².